The molecule has 0 saturated heterocycles. The molecule has 1 heterocycles. The van der Waals surface area contributed by atoms with Crippen LogP contribution in [0.3, 0.4) is 0 Å². The van der Waals surface area contributed by atoms with E-state index in [0.717, 1.165) is 12.1 Å². The van der Waals surface area contributed by atoms with Crippen LogP contribution in [0.15, 0.2) is 53.3 Å². The van der Waals surface area contributed by atoms with E-state index in [-0.39, 0.29) is 30.9 Å². The quantitative estimate of drug-likeness (QED) is 0.719. The molecule has 0 bridgehead atoms. The van der Waals surface area contributed by atoms with Gasteiger partial charge < -0.3 is 10.3 Å². The number of carbonyl (C=O) groups is 1. The molecular formula is C19H16F3N3O2. The van der Waals surface area contributed by atoms with Gasteiger partial charge in [-0.3, -0.25) is 9.59 Å². The number of aryl methyl sites for hydroxylation is 1. The molecule has 1 amide bonds. The number of amides is 1. The second kappa shape index (κ2) is 7.61. The highest BCUT2D eigenvalue weighted by atomic mass is 19.4. The molecule has 0 fully saturated rings. The van der Waals surface area contributed by atoms with Gasteiger partial charge in [-0.15, -0.1) is 0 Å². The van der Waals surface area contributed by atoms with E-state index in [1.165, 1.54) is 12.1 Å². The van der Waals surface area contributed by atoms with Crippen LogP contribution in [0.4, 0.5) is 13.2 Å². The van der Waals surface area contributed by atoms with Gasteiger partial charge in [-0.1, -0.05) is 24.3 Å². The zero-order chi connectivity index (χ0) is 19.4. The number of carbonyl (C=O) groups excluding carboxylic acids is 1. The van der Waals surface area contributed by atoms with Gasteiger partial charge in [-0.25, -0.2) is 4.98 Å². The SMILES string of the molecule is O=C(CCc1nc2ccccc2c(=O)[nH]1)NCc1cccc(C(F)(F)F)c1. The summed E-state index contributed by atoms with van der Waals surface area (Å²) in [6, 6.07) is 11.7. The van der Waals surface area contributed by atoms with Crippen LogP contribution in [0.25, 0.3) is 10.9 Å². The van der Waals surface area contributed by atoms with E-state index in [1.807, 2.05) is 0 Å². The van der Waals surface area contributed by atoms with Crippen molar-refractivity contribution in [2.24, 2.45) is 0 Å². The summed E-state index contributed by atoms with van der Waals surface area (Å²) in [5.74, 6) is 0.0381. The Morgan fingerprint density at radius 2 is 1.89 bits per heavy atom. The zero-order valence-corrected chi connectivity index (χ0v) is 14.1. The zero-order valence-electron chi connectivity index (χ0n) is 14.1. The van der Waals surface area contributed by atoms with Gasteiger partial charge in [0, 0.05) is 19.4 Å². The molecule has 0 unspecified atom stereocenters. The van der Waals surface area contributed by atoms with Crippen molar-refractivity contribution in [2.45, 2.75) is 25.6 Å². The first kappa shape index (κ1) is 18.6. The monoisotopic (exact) mass is 375 g/mol. The Bertz CT molecular complexity index is 1030. The molecule has 5 nitrogen and oxygen atoms in total. The van der Waals surface area contributed by atoms with Gasteiger partial charge in [0.15, 0.2) is 0 Å². The summed E-state index contributed by atoms with van der Waals surface area (Å²) < 4.78 is 38.1. The number of para-hydroxylation sites is 1. The lowest BCUT2D eigenvalue weighted by atomic mass is 10.1. The molecule has 3 rings (SSSR count). The van der Waals surface area contributed by atoms with Crippen LogP contribution in [0.2, 0.25) is 0 Å². The van der Waals surface area contributed by atoms with E-state index in [9.17, 15) is 22.8 Å². The largest absolute Gasteiger partial charge is 0.416 e. The topological polar surface area (TPSA) is 74.8 Å². The molecule has 1 aromatic heterocycles. The fourth-order valence-corrected chi connectivity index (χ4v) is 2.63. The molecular weight excluding hydrogens is 359 g/mol. The molecule has 140 valence electrons. The molecule has 8 heteroatoms. The summed E-state index contributed by atoms with van der Waals surface area (Å²) in [5, 5.41) is 3.04. The number of benzene rings is 2. The molecule has 3 aromatic rings. The van der Waals surface area contributed by atoms with Crippen molar-refractivity contribution in [3.63, 3.8) is 0 Å². The smallest absolute Gasteiger partial charge is 0.352 e. The van der Waals surface area contributed by atoms with E-state index in [2.05, 4.69) is 15.3 Å². The van der Waals surface area contributed by atoms with Gasteiger partial charge in [-0.2, -0.15) is 13.2 Å². The number of hydrogen-bond donors (Lipinski definition) is 2. The second-order valence-electron chi connectivity index (χ2n) is 6.00. The van der Waals surface area contributed by atoms with Crippen molar-refractivity contribution in [2.75, 3.05) is 0 Å². The predicted octanol–water partition coefficient (Wildman–Crippen LogP) is 3.19. The number of nitrogens with one attached hydrogen (secondary N) is 2. The fourth-order valence-electron chi connectivity index (χ4n) is 2.63. The summed E-state index contributed by atoms with van der Waals surface area (Å²) in [4.78, 5) is 30.9. The van der Waals surface area contributed by atoms with Crippen molar-refractivity contribution >= 4 is 16.8 Å². The van der Waals surface area contributed by atoms with Crippen LogP contribution < -0.4 is 10.9 Å². The third kappa shape index (κ3) is 4.72. The summed E-state index contributed by atoms with van der Waals surface area (Å²) in [5.41, 5.74) is -0.136. The first-order valence-corrected chi connectivity index (χ1v) is 8.24. The van der Waals surface area contributed by atoms with Gasteiger partial charge >= 0.3 is 6.18 Å². The number of halogens is 3. The number of fused-ring (bicyclic) bond motifs is 1. The maximum absolute atomic E-state index is 12.7. The highest BCUT2D eigenvalue weighted by molar-refractivity contribution is 5.78. The first-order valence-electron chi connectivity index (χ1n) is 8.24. The lowest BCUT2D eigenvalue weighted by molar-refractivity contribution is -0.137. The van der Waals surface area contributed by atoms with E-state index in [4.69, 9.17) is 0 Å². The van der Waals surface area contributed by atoms with Crippen LogP contribution in [-0.4, -0.2) is 15.9 Å². The number of alkyl halides is 3. The standard InChI is InChI=1S/C19H16F3N3O2/c20-19(21,22)13-5-3-4-12(10-13)11-23-17(26)9-8-16-24-15-7-2-1-6-14(15)18(27)25-16/h1-7,10H,8-9,11H2,(H,23,26)(H,24,25,27). The minimum absolute atomic E-state index is 0.00950. The summed E-state index contributed by atoms with van der Waals surface area (Å²) in [7, 11) is 0. The van der Waals surface area contributed by atoms with E-state index >= 15 is 0 Å². The van der Waals surface area contributed by atoms with Gasteiger partial charge in [0.1, 0.15) is 5.82 Å². The Kier molecular flexibility index (Phi) is 5.25. The fraction of sp³-hybridized carbons (Fsp3) is 0.211. The van der Waals surface area contributed by atoms with Gasteiger partial charge in [-0.05, 0) is 29.8 Å². The lowest BCUT2D eigenvalue weighted by Crippen LogP contribution is -2.24. The highest BCUT2D eigenvalue weighted by Crippen LogP contribution is 2.29. The van der Waals surface area contributed by atoms with Crippen molar-refractivity contribution < 1.29 is 18.0 Å². The number of aromatic amines is 1. The second-order valence-corrected chi connectivity index (χ2v) is 6.00. The molecule has 0 aliphatic carbocycles. The minimum atomic E-state index is -4.42. The highest BCUT2D eigenvalue weighted by Gasteiger charge is 2.30. The molecule has 0 aliphatic rings. The van der Waals surface area contributed by atoms with E-state index in [0.29, 0.717) is 22.3 Å². The Morgan fingerprint density at radius 1 is 1.11 bits per heavy atom. The van der Waals surface area contributed by atoms with Crippen molar-refractivity contribution in [1.82, 2.24) is 15.3 Å². The average molecular weight is 375 g/mol. The molecule has 0 aliphatic heterocycles. The minimum Gasteiger partial charge on any atom is -0.352 e. The van der Waals surface area contributed by atoms with Gasteiger partial charge in [0.25, 0.3) is 5.56 Å². The molecule has 27 heavy (non-hydrogen) atoms. The number of nitrogens with zero attached hydrogens (tertiary/aromatic N) is 1. The molecule has 0 saturated carbocycles. The number of hydrogen-bond acceptors (Lipinski definition) is 3. The average Bonchev–Trinajstić information content (AvgIpc) is 2.64. The van der Waals surface area contributed by atoms with Crippen molar-refractivity contribution in [3.8, 4) is 0 Å². The van der Waals surface area contributed by atoms with Crippen molar-refractivity contribution in [1.29, 1.82) is 0 Å². The summed E-state index contributed by atoms with van der Waals surface area (Å²) in [6.45, 7) is -0.00950. The van der Waals surface area contributed by atoms with Gasteiger partial charge in [0.2, 0.25) is 5.91 Å². The molecule has 2 N–H and O–H groups in total. The third-order valence-corrected chi connectivity index (χ3v) is 3.99. The Hall–Kier alpha value is -3.16. The predicted molar refractivity (Wildman–Crippen MR) is 94.0 cm³/mol. The normalized spacial score (nSPS) is 11.5. The number of rotatable bonds is 5. The molecule has 2 aromatic carbocycles. The molecule has 0 spiro atoms. The molecule has 0 radical (unpaired) electrons. The van der Waals surface area contributed by atoms with Crippen LogP contribution in [0, 0.1) is 0 Å². The maximum Gasteiger partial charge on any atom is 0.416 e. The maximum atomic E-state index is 12.7. The third-order valence-electron chi connectivity index (χ3n) is 3.99. The Morgan fingerprint density at radius 3 is 2.67 bits per heavy atom. The van der Waals surface area contributed by atoms with Crippen LogP contribution in [0.1, 0.15) is 23.4 Å². The summed E-state index contributed by atoms with van der Waals surface area (Å²) >= 11 is 0. The van der Waals surface area contributed by atoms with Gasteiger partial charge in [0.05, 0.1) is 16.5 Å². The van der Waals surface area contributed by atoms with Crippen LogP contribution in [-0.2, 0) is 23.9 Å². The number of aromatic nitrogens is 2. The number of H-pyrrole nitrogens is 1. The molecule has 0 atom stereocenters. The van der Waals surface area contributed by atoms with Crippen LogP contribution in [0.5, 0.6) is 0 Å². The van der Waals surface area contributed by atoms with E-state index < -0.39 is 11.7 Å². The first-order chi connectivity index (χ1) is 12.8. The lowest BCUT2D eigenvalue weighted by Gasteiger charge is -2.09. The Labute approximate surface area is 152 Å². The summed E-state index contributed by atoms with van der Waals surface area (Å²) in [6.07, 6.45) is -4.15. The van der Waals surface area contributed by atoms with Crippen molar-refractivity contribution in [3.05, 3.63) is 75.8 Å². The van der Waals surface area contributed by atoms with Crippen LogP contribution >= 0.6 is 0 Å². The van der Waals surface area contributed by atoms with E-state index in [1.54, 1.807) is 24.3 Å². The Balaban J connectivity index is 1.58.